The third-order valence-corrected chi connectivity index (χ3v) is 5.80. The van der Waals surface area contributed by atoms with Crippen LogP contribution in [0.1, 0.15) is 37.3 Å². The largest absolute Gasteiger partial charge is 0.463 e. The predicted octanol–water partition coefficient (Wildman–Crippen LogP) is 4.69. The topological polar surface area (TPSA) is 71.4 Å². The molecule has 1 heterocycles. The van der Waals surface area contributed by atoms with E-state index >= 15 is 0 Å². The fraction of sp³-hybridized carbons (Fsp3) is 0.417. The number of benzene rings is 2. The zero-order valence-corrected chi connectivity index (χ0v) is 19.6. The first-order valence-electron chi connectivity index (χ1n) is 10.7. The van der Waals surface area contributed by atoms with Crippen molar-refractivity contribution in [1.82, 2.24) is 4.90 Å². The number of aliphatic hydroxyl groups is 1. The second-order valence-electron chi connectivity index (χ2n) is 7.86. The van der Waals surface area contributed by atoms with Crippen LogP contribution in [0, 0.1) is 0 Å². The number of oxime groups is 1. The van der Waals surface area contributed by atoms with Gasteiger partial charge in [0.15, 0.2) is 0 Å². The second kappa shape index (κ2) is 12.2. The van der Waals surface area contributed by atoms with Crippen molar-refractivity contribution in [2.45, 2.75) is 44.9 Å². The van der Waals surface area contributed by atoms with Crippen LogP contribution in [0.25, 0.3) is 0 Å². The number of ether oxygens (including phenoxy) is 1. The van der Waals surface area contributed by atoms with Crippen molar-refractivity contribution in [1.29, 1.82) is 0 Å². The molecule has 32 heavy (non-hydrogen) atoms. The highest BCUT2D eigenvalue weighted by Crippen LogP contribution is 2.26. The number of carbonyl (C=O) groups excluding carboxylic acids is 1. The molecule has 0 unspecified atom stereocenters. The van der Waals surface area contributed by atoms with E-state index in [0.717, 1.165) is 23.3 Å². The molecule has 3 rings (SSSR count). The zero-order chi connectivity index (χ0) is 22.9. The van der Waals surface area contributed by atoms with Crippen LogP contribution in [0.3, 0.4) is 0 Å². The maximum Gasteiger partial charge on any atom is 0.305 e. The summed E-state index contributed by atoms with van der Waals surface area (Å²) in [6.07, 6.45) is 0.722. The molecular weight excluding hydrogens is 451 g/mol. The molecule has 0 saturated heterocycles. The number of rotatable bonds is 11. The van der Waals surface area contributed by atoms with E-state index in [9.17, 15) is 9.90 Å². The molecule has 1 aliphatic rings. The molecule has 0 amide bonds. The molecule has 1 N–H and O–H groups in total. The van der Waals surface area contributed by atoms with Crippen molar-refractivity contribution in [2.75, 3.05) is 19.7 Å². The van der Waals surface area contributed by atoms with Gasteiger partial charge in [0.25, 0.3) is 0 Å². The van der Waals surface area contributed by atoms with Crippen molar-refractivity contribution in [3.63, 3.8) is 0 Å². The lowest BCUT2D eigenvalue weighted by atomic mass is 10.0. The quantitative estimate of drug-likeness (QED) is 0.474. The Bertz CT molecular complexity index is 923. The Morgan fingerprint density at radius 2 is 2.03 bits per heavy atom. The Balaban J connectivity index is 1.59. The van der Waals surface area contributed by atoms with Gasteiger partial charge in [0.1, 0.15) is 18.8 Å². The van der Waals surface area contributed by atoms with Gasteiger partial charge >= 0.3 is 5.97 Å². The molecule has 0 aliphatic carbocycles. The van der Waals surface area contributed by atoms with Crippen LogP contribution in [0.2, 0.25) is 10.0 Å². The number of hydrogen-bond donors (Lipinski definition) is 1. The summed E-state index contributed by atoms with van der Waals surface area (Å²) in [5.74, 6) is -0.292. The Hall–Kier alpha value is -2.12. The van der Waals surface area contributed by atoms with Gasteiger partial charge in [-0.3, -0.25) is 9.69 Å². The summed E-state index contributed by atoms with van der Waals surface area (Å²) in [4.78, 5) is 19.4. The average Bonchev–Trinajstić information content (AvgIpc) is 3.23. The number of esters is 1. The van der Waals surface area contributed by atoms with Gasteiger partial charge in [-0.05, 0) is 24.1 Å². The molecule has 0 bridgehead atoms. The number of aliphatic hydroxyl groups excluding tert-OH is 1. The standard InChI is InChI=1S/C24H28Cl2N2O4/c1-2-6-24(30)31-16-19(29)14-28(13-17-7-4-3-5-8-17)15-20-12-23(27-32-20)18-9-10-21(25)22(26)11-18/h3-5,7-11,19-20,29H,2,6,12-16H2,1H3/t19-,20-/m0/s1. The molecule has 0 fully saturated rings. The lowest BCUT2D eigenvalue weighted by molar-refractivity contribution is -0.147. The van der Waals surface area contributed by atoms with E-state index in [1.165, 1.54) is 0 Å². The van der Waals surface area contributed by atoms with Crippen molar-refractivity contribution < 1.29 is 19.5 Å². The fourth-order valence-corrected chi connectivity index (χ4v) is 3.82. The molecule has 2 aromatic rings. The number of hydrogen-bond acceptors (Lipinski definition) is 6. The summed E-state index contributed by atoms with van der Waals surface area (Å²) in [7, 11) is 0. The monoisotopic (exact) mass is 478 g/mol. The van der Waals surface area contributed by atoms with Crippen LogP contribution >= 0.6 is 23.2 Å². The number of halogens is 2. The minimum atomic E-state index is -0.795. The van der Waals surface area contributed by atoms with Crippen LogP contribution in [0.4, 0.5) is 0 Å². The molecule has 8 heteroatoms. The van der Waals surface area contributed by atoms with Gasteiger partial charge in [-0.1, -0.05) is 71.7 Å². The first-order valence-corrected chi connectivity index (χ1v) is 11.5. The van der Waals surface area contributed by atoms with Crippen molar-refractivity contribution in [3.05, 3.63) is 69.7 Å². The van der Waals surface area contributed by atoms with Gasteiger partial charge < -0.3 is 14.7 Å². The van der Waals surface area contributed by atoms with E-state index in [-0.39, 0.29) is 18.7 Å². The summed E-state index contributed by atoms with van der Waals surface area (Å²) in [5.41, 5.74) is 2.80. The SMILES string of the molecule is CCCC(=O)OC[C@@H](O)CN(Cc1ccccc1)C[C@@H]1CC(c2ccc(Cl)c(Cl)c2)=NO1. The Labute approximate surface area is 198 Å². The Morgan fingerprint density at radius 3 is 2.75 bits per heavy atom. The summed E-state index contributed by atoms with van der Waals surface area (Å²) >= 11 is 12.1. The Morgan fingerprint density at radius 1 is 1.25 bits per heavy atom. The smallest absolute Gasteiger partial charge is 0.305 e. The fourth-order valence-electron chi connectivity index (χ4n) is 3.52. The molecule has 0 radical (unpaired) electrons. The number of carbonyl (C=O) groups is 1. The maximum absolute atomic E-state index is 11.6. The van der Waals surface area contributed by atoms with Gasteiger partial charge in [0, 0.05) is 38.0 Å². The van der Waals surface area contributed by atoms with E-state index in [0.29, 0.717) is 42.5 Å². The molecule has 2 atom stereocenters. The minimum absolute atomic E-state index is 0.0271. The van der Waals surface area contributed by atoms with Gasteiger partial charge in [0.05, 0.1) is 15.8 Å². The maximum atomic E-state index is 11.6. The highest BCUT2D eigenvalue weighted by atomic mass is 35.5. The second-order valence-corrected chi connectivity index (χ2v) is 8.68. The Kier molecular flexibility index (Phi) is 9.36. The third kappa shape index (κ3) is 7.48. The molecule has 0 saturated carbocycles. The first kappa shape index (κ1) is 24.5. The number of nitrogens with zero attached hydrogens (tertiary/aromatic N) is 2. The van der Waals surface area contributed by atoms with Crippen LogP contribution in [0.5, 0.6) is 0 Å². The summed E-state index contributed by atoms with van der Waals surface area (Å²) in [6.45, 7) is 3.41. The summed E-state index contributed by atoms with van der Waals surface area (Å²) in [6, 6.07) is 15.4. The van der Waals surface area contributed by atoms with Crippen LogP contribution in [-0.4, -0.2) is 53.6 Å². The van der Waals surface area contributed by atoms with Crippen molar-refractivity contribution in [3.8, 4) is 0 Å². The first-order chi connectivity index (χ1) is 15.4. The molecule has 172 valence electrons. The van der Waals surface area contributed by atoms with Crippen LogP contribution in [-0.2, 0) is 20.9 Å². The highest BCUT2D eigenvalue weighted by molar-refractivity contribution is 6.42. The predicted molar refractivity (Wildman–Crippen MR) is 126 cm³/mol. The van der Waals surface area contributed by atoms with E-state index < -0.39 is 6.10 Å². The molecule has 6 nitrogen and oxygen atoms in total. The van der Waals surface area contributed by atoms with Gasteiger partial charge in [-0.2, -0.15) is 0 Å². The van der Waals surface area contributed by atoms with Crippen molar-refractivity contribution >= 4 is 34.9 Å². The average molecular weight is 479 g/mol. The van der Waals surface area contributed by atoms with E-state index in [4.69, 9.17) is 32.8 Å². The van der Waals surface area contributed by atoms with Gasteiger partial charge in [-0.15, -0.1) is 0 Å². The van der Waals surface area contributed by atoms with E-state index in [2.05, 4.69) is 10.1 Å². The molecular formula is C24H28Cl2N2O4. The van der Waals surface area contributed by atoms with E-state index in [1.54, 1.807) is 12.1 Å². The molecule has 2 aromatic carbocycles. The van der Waals surface area contributed by atoms with Gasteiger partial charge in [-0.25, -0.2) is 0 Å². The minimum Gasteiger partial charge on any atom is -0.463 e. The lowest BCUT2D eigenvalue weighted by Gasteiger charge is -2.27. The third-order valence-electron chi connectivity index (χ3n) is 5.06. The normalized spacial score (nSPS) is 16.5. The van der Waals surface area contributed by atoms with E-state index in [1.807, 2.05) is 43.3 Å². The molecule has 0 spiro atoms. The van der Waals surface area contributed by atoms with Gasteiger partial charge in [0.2, 0.25) is 0 Å². The molecule has 0 aromatic heterocycles. The summed E-state index contributed by atoms with van der Waals surface area (Å²) in [5, 5.41) is 15.7. The van der Waals surface area contributed by atoms with Crippen LogP contribution in [0.15, 0.2) is 53.7 Å². The lowest BCUT2D eigenvalue weighted by Crippen LogP contribution is -2.39. The van der Waals surface area contributed by atoms with Crippen molar-refractivity contribution in [2.24, 2.45) is 5.16 Å². The highest BCUT2D eigenvalue weighted by Gasteiger charge is 2.26. The summed E-state index contributed by atoms with van der Waals surface area (Å²) < 4.78 is 5.17. The zero-order valence-electron chi connectivity index (χ0n) is 18.0. The molecule has 1 aliphatic heterocycles. The van der Waals surface area contributed by atoms with Crippen LogP contribution < -0.4 is 0 Å².